The van der Waals surface area contributed by atoms with Gasteiger partial charge in [-0.3, -0.25) is 4.79 Å². The van der Waals surface area contributed by atoms with E-state index in [1.807, 2.05) is 0 Å². The van der Waals surface area contributed by atoms with E-state index in [2.05, 4.69) is 41.7 Å². The summed E-state index contributed by atoms with van der Waals surface area (Å²) < 4.78 is 6.48. The Kier molecular flexibility index (Phi) is 4.72. The molecule has 1 spiro atoms. The Morgan fingerprint density at radius 2 is 1.85 bits per heavy atom. The van der Waals surface area contributed by atoms with Crippen molar-refractivity contribution in [3.8, 4) is 0 Å². The second-order valence-electron chi connectivity index (χ2n) is 10.7. The van der Waals surface area contributed by atoms with Crippen molar-refractivity contribution >= 4 is 28.6 Å². The van der Waals surface area contributed by atoms with Crippen molar-refractivity contribution in [1.82, 2.24) is 0 Å². The lowest BCUT2D eigenvalue weighted by Crippen LogP contribution is -2.55. The van der Waals surface area contributed by atoms with Gasteiger partial charge in [0.15, 0.2) is 0 Å². The van der Waals surface area contributed by atoms with Crippen LogP contribution in [0.2, 0.25) is 0 Å². The Morgan fingerprint density at radius 3 is 2.67 bits per heavy atom. The average molecular weight is 482 g/mol. The van der Waals surface area contributed by atoms with Crippen LogP contribution in [0, 0.1) is 40.4 Å². The van der Waals surface area contributed by atoms with Crippen LogP contribution in [-0.2, 0) is 9.53 Å². The minimum atomic E-state index is -0.0914. The Labute approximate surface area is 178 Å². The van der Waals surface area contributed by atoms with Crippen LogP contribution in [0.3, 0.4) is 0 Å². The molecule has 27 heavy (non-hydrogen) atoms. The van der Waals surface area contributed by atoms with Gasteiger partial charge in [0.2, 0.25) is 0 Å². The number of alkyl halides is 1. The molecule has 4 fully saturated rings. The molecule has 0 heterocycles. The first-order valence-electron chi connectivity index (χ1n) is 11.4. The van der Waals surface area contributed by atoms with E-state index >= 15 is 0 Å². The van der Waals surface area contributed by atoms with Gasteiger partial charge >= 0.3 is 5.97 Å². The Morgan fingerprint density at radius 1 is 1.04 bits per heavy atom. The van der Waals surface area contributed by atoms with E-state index in [0.29, 0.717) is 10.8 Å². The number of esters is 1. The molecule has 0 amide bonds. The summed E-state index contributed by atoms with van der Waals surface area (Å²) in [5, 5.41) is 0. The second kappa shape index (κ2) is 6.74. The monoisotopic (exact) mass is 482 g/mol. The van der Waals surface area contributed by atoms with Gasteiger partial charge in [-0.15, -0.1) is 0 Å². The fourth-order valence-electron chi connectivity index (χ4n) is 8.76. The van der Waals surface area contributed by atoms with Crippen molar-refractivity contribution in [2.45, 2.75) is 88.1 Å². The van der Waals surface area contributed by atoms with Gasteiger partial charge in [0.25, 0.3) is 0 Å². The summed E-state index contributed by atoms with van der Waals surface area (Å²) in [5.74, 6) is 4.42. The number of ether oxygens (including phenoxy) is 1. The molecule has 9 atom stereocenters. The fourth-order valence-corrected chi connectivity index (χ4v) is 10.1. The van der Waals surface area contributed by atoms with Crippen LogP contribution in [0.5, 0.6) is 0 Å². The molecule has 2 nitrogen and oxygen atoms in total. The van der Waals surface area contributed by atoms with Gasteiger partial charge in [0, 0.05) is 10.8 Å². The van der Waals surface area contributed by atoms with Gasteiger partial charge in [0.05, 0.1) is 0 Å². The number of hydrogen-bond donors (Lipinski definition) is 0. The maximum Gasteiger partial charge on any atom is 0.302 e. The molecule has 0 bridgehead atoms. The maximum absolute atomic E-state index is 11.4. The van der Waals surface area contributed by atoms with Crippen LogP contribution in [0.15, 0.2) is 12.2 Å². The molecule has 0 aliphatic heterocycles. The van der Waals surface area contributed by atoms with Crippen molar-refractivity contribution in [2.75, 3.05) is 0 Å². The first kappa shape index (κ1) is 18.9. The molecule has 150 valence electrons. The van der Waals surface area contributed by atoms with Gasteiger partial charge in [-0.25, -0.2) is 0 Å². The molecule has 5 rings (SSSR count). The molecule has 0 N–H and O–H groups in total. The Balaban J connectivity index is 1.39. The summed E-state index contributed by atoms with van der Waals surface area (Å²) in [6, 6.07) is 0. The summed E-state index contributed by atoms with van der Waals surface area (Å²) in [5.41, 5.74) is 1.03. The number of carbonyl (C=O) groups excluding carboxylic acids is 1. The zero-order valence-corrected chi connectivity index (χ0v) is 19.1. The van der Waals surface area contributed by atoms with Gasteiger partial charge < -0.3 is 4.74 Å². The lowest BCUT2D eigenvalue weighted by molar-refractivity contribution is -0.159. The standard InChI is InChI=1S/C24H35IO2/c1-15(26)27-17-9-12-23(2)16(14-17)5-6-18-19(23)10-13-24-11-3-4-22(25)21(24)8-7-20(18)24/h3,11,16-22H,4-10,12-14H2,1-2H3/t16-,17-,18-,19+,20+,21-,22-,23+,24+/m1/s1. The number of halogens is 1. The van der Waals surface area contributed by atoms with Crippen LogP contribution in [-0.4, -0.2) is 16.0 Å². The van der Waals surface area contributed by atoms with Crippen LogP contribution in [0.25, 0.3) is 0 Å². The smallest absolute Gasteiger partial charge is 0.302 e. The maximum atomic E-state index is 11.4. The molecule has 0 aromatic heterocycles. The third-order valence-electron chi connectivity index (χ3n) is 9.83. The highest BCUT2D eigenvalue weighted by atomic mass is 127. The van der Waals surface area contributed by atoms with Crippen molar-refractivity contribution in [3.63, 3.8) is 0 Å². The van der Waals surface area contributed by atoms with Crippen molar-refractivity contribution in [1.29, 1.82) is 0 Å². The van der Waals surface area contributed by atoms with Crippen molar-refractivity contribution in [2.24, 2.45) is 40.4 Å². The molecule has 5 aliphatic carbocycles. The minimum absolute atomic E-state index is 0.0914. The van der Waals surface area contributed by atoms with Gasteiger partial charge in [-0.05, 0) is 105 Å². The Hall–Kier alpha value is -0.0600. The number of fused-ring (bicyclic) bond motifs is 4. The van der Waals surface area contributed by atoms with Crippen LogP contribution in [0.1, 0.15) is 78.1 Å². The highest BCUT2D eigenvalue weighted by Gasteiger charge is 2.62. The summed E-state index contributed by atoms with van der Waals surface area (Å²) in [7, 11) is 0. The molecule has 3 heteroatoms. The largest absolute Gasteiger partial charge is 0.463 e. The highest BCUT2D eigenvalue weighted by molar-refractivity contribution is 14.1. The number of carbonyl (C=O) groups is 1. The number of hydrogen-bond acceptors (Lipinski definition) is 2. The zero-order chi connectivity index (χ0) is 18.8. The van der Waals surface area contributed by atoms with Crippen LogP contribution < -0.4 is 0 Å². The van der Waals surface area contributed by atoms with E-state index in [4.69, 9.17) is 4.74 Å². The van der Waals surface area contributed by atoms with Crippen LogP contribution >= 0.6 is 22.6 Å². The van der Waals surface area contributed by atoms with E-state index in [1.54, 1.807) is 6.92 Å². The molecule has 0 aromatic rings. The van der Waals surface area contributed by atoms with E-state index in [9.17, 15) is 4.79 Å². The third kappa shape index (κ3) is 2.79. The van der Waals surface area contributed by atoms with Crippen LogP contribution in [0.4, 0.5) is 0 Å². The number of allylic oxidation sites excluding steroid dienone is 2. The summed E-state index contributed by atoms with van der Waals surface area (Å²) >= 11 is 2.76. The highest BCUT2D eigenvalue weighted by Crippen LogP contribution is 2.69. The predicted molar refractivity (Wildman–Crippen MR) is 117 cm³/mol. The summed E-state index contributed by atoms with van der Waals surface area (Å²) in [6.45, 7) is 4.18. The fraction of sp³-hybridized carbons (Fsp3) is 0.875. The lowest BCUT2D eigenvalue weighted by atomic mass is 9.44. The Bertz CT molecular complexity index is 644. The first-order chi connectivity index (χ1) is 12.9. The molecule has 5 aliphatic rings. The SMILES string of the molecule is CC(=O)O[C@@H]1CC[C@@]2(C)[C@H](CC[C@@H]3[C@@H]2CC[C@]24C=CC[C@@H](I)[C@H]2CC[C@@H]34)C1. The van der Waals surface area contributed by atoms with Crippen molar-refractivity contribution in [3.05, 3.63) is 12.2 Å². The first-order valence-corrected chi connectivity index (χ1v) is 12.7. The summed E-state index contributed by atoms with van der Waals surface area (Å²) in [4.78, 5) is 11.4. The lowest BCUT2D eigenvalue weighted by Gasteiger charge is -2.61. The molecule has 4 saturated carbocycles. The predicted octanol–water partition coefficient (Wildman–Crippen LogP) is 6.32. The van der Waals surface area contributed by atoms with Gasteiger partial charge in [0.1, 0.15) is 6.10 Å². The third-order valence-corrected chi connectivity index (χ3v) is 11.2. The average Bonchev–Trinajstić information content (AvgIpc) is 3.03. The van der Waals surface area contributed by atoms with E-state index < -0.39 is 0 Å². The molecule has 0 radical (unpaired) electrons. The molecule has 0 unspecified atom stereocenters. The molecule has 0 saturated heterocycles. The van der Waals surface area contributed by atoms with E-state index in [0.717, 1.165) is 46.4 Å². The van der Waals surface area contributed by atoms with E-state index in [1.165, 1.54) is 51.4 Å². The quantitative estimate of drug-likeness (QED) is 0.189. The van der Waals surface area contributed by atoms with Gasteiger partial charge in [-0.1, -0.05) is 41.7 Å². The topological polar surface area (TPSA) is 26.3 Å². The molecular weight excluding hydrogens is 447 g/mol. The van der Waals surface area contributed by atoms with Gasteiger partial charge in [-0.2, -0.15) is 0 Å². The minimum Gasteiger partial charge on any atom is -0.463 e. The normalized spacial score (nSPS) is 53.7. The molecular formula is C24H35IO2. The van der Waals surface area contributed by atoms with Crippen molar-refractivity contribution < 1.29 is 9.53 Å². The molecule has 0 aromatic carbocycles. The summed E-state index contributed by atoms with van der Waals surface area (Å²) in [6.07, 6.45) is 18.8. The number of rotatable bonds is 1. The van der Waals surface area contributed by atoms with E-state index in [-0.39, 0.29) is 12.1 Å². The second-order valence-corrected chi connectivity index (χ2v) is 12.3. The zero-order valence-electron chi connectivity index (χ0n) is 17.0.